The zero-order chi connectivity index (χ0) is 9.90. The molecule has 1 rings (SSSR count). The molecular formula is C9H15ClN2O2. The highest BCUT2D eigenvalue weighted by Crippen LogP contribution is 2.26. The summed E-state index contributed by atoms with van der Waals surface area (Å²) in [6, 6.07) is 2.13. The van der Waals surface area contributed by atoms with E-state index in [4.69, 9.17) is 10.00 Å². The zero-order valence-corrected chi connectivity index (χ0v) is 9.19. The van der Waals surface area contributed by atoms with Crippen LogP contribution in [0.15, 0.2) is 0 Å². The van der Waals surface area contributed by atoms with E-state index in [0.717, 1.165) is 0 Å². The number of nitrogens with zero attached hydrogens (tertiary/aromatic N) is 1. The fourth-order valence-corrected chi connectivity index (χ4v) is 1.58. The maximum atomic E-state index is 11.5. The van der Waals surface area contributed by atoms with Gasteiger partial charge in [-0.05, 0) is 26.8 Å². The van der Waals surface area contributed by atoms with Gasteiger partial charge >= 0.3 is 5.97 Å². The molecule has 1 aliphatic rings. The van der Waals surface area contributed by atoms with Crippen LogP contribution >= 0.6 is 12.4 Å². The van der Waals surface area contributed by atoms with E-state index >= 15 is 0 Å². The van der Waals surface area contributed by atoms with Crippen molar-refractivity contribution in [3.05, 3.63) is 0 Å². The average Bonchev–Trinajstić information content (AvgIpc) is 2.48. The van der Waals surface area contributed by atoms with E-state index in [-0.39, 0.29) is 24.3 Å². The van der Waals surface area contributed by atoms with Gasteiger partial charge in [-0.1, -0.05) is 0 Å². The van der Waals surface area contributed by atoms with Gasteiger partial charge in [0.15, 0.2) is 0 Å². The molecule has 0 amide bonds. The summed E-state index contributed by atoms with van der Waals surface area (Å²) >= 11 is 0. The molecule has 0 radical (unpaired) electrons. The molecule has 4 nitrogen and oxygen atoms in total. The third-order valence-electron chi connectivity index (χ3n) is 2.48. The highest BCUT2D eigenvalue weighted by atomic mass is 35.5. The third kappa shape index (κ3) is 2.17. The number of nitriles is 1. The average molecular weight is 219 g/mol. The molecule has 0 bridgehead atoms. The van der Waals surface area contributed by atoms with Gasteiger partial charge < -0.3 is 10.1 Å². The molecule has 80 valence electrons. The molecule has 1 N–H and O–H groups in total. The van der Waals surface area contributed by atoms with E-state index in [1.165, 1.54) is 0 Å². The molecule has 1 aliphatic heterocycles. The van der Waals surface area contributed by atoms with Crippen LogP contribution in [-0.4, -0.2) is 24.7 Å². The molecule has 0 aliphatic carbocycles. The summed E-state index contributed by atoms with van der Waals surface area (Å²) < 4.78 is 4.91. The second kappa shape index (κ2) is 5.18. The molecule has 2 atom stereocenters. The predicted octanol–water partition coefficient (Wildman–Crippen LogP) is 0.863. The number of rotatable bonds is 2. The van der Waals surface area contributed by atoms with Crippen LogP contribution < -0.4 is 5.32 Å². The van der Waals surface area contributed by atoms with Crippen molar-refractivity contribution in [2.45, 2.75) is 25.8 Å². The maximum Gasteiger partial charge on any atom is 0.327 e. The molecule has 0 spiro atoms. The van der Waals surface area contributed by atoms with Gasteiger partial charge in [-0.3, -0.25) is 4.79 Å². The number of ether oxygens (including phenoxy) is 1. The molecule has 0 aromatic rings. The minimum Gasteiger partial charge on any atom is -0.465 e. The first-order chi connectivity index (χ1) is 6.15. The normalized spacial score (nSPS) is 30.2. The largest absolute Gasteiger partial charge is 0.465 e. The summed E-state index contributed by atoms with van der Waals surface area (Å²) in [7, 11) is 0. The lowest BCUT2D eigenvalue weighted by Gasteiger charge is -2.24. The van der Waals surface area contributed by atoms with E-state index < -0.39 is 5.54 Å². The quantitative estimate of drug-likeness (QED) is 0.699. The highest BCUT2D eigenvalue weighted by Gasteiger charge is 2.46. The van der Waals surface area contributed by atoms with Gasteiger partial charge in [-0.25, -0.2) is 0 Å². The van der Waals surface area contributed by atoms with Crippen LogP contribution in [0.5, 0.6) is 0 Å². The van der Waals surface area contributed by atoms with Crippen LogP contribution in [0.25, 0.3) is 0 Å². The number of halogens is 1. The van der Waals surface area contributed by atoms with Gasteiger partial charge in [0.2, 0.25) is 0 Å². The summed E-state index contributed by atoms with van der Waals surface area (Å²) in [5.41, 5.74) is -0.801. The van der Waals surface area contributed by atoms with Gasteiger partial charge in [0, 0.05) is 0 Å². The standard InChI is InChI=1S/C9H14N2O2.ClH/c1-3-13-8(12)9(2)7(6-10)4-5-11-9;/h7,11H,3-5H2,1-2H3;1H/t7?,9-;/m1./s1. The molecule has 0 aromatic carbocycles. The van der Waals surface area contributed by atoms with Crippen molar-refractivity contribution in [2.24, 2.45) is 5.92 Å². The van der Waals surface area contributed by atoms with E-state index in [2.05, 4.69) is 11.4 Å². The summed E-state index contributed by atoms with van der Waals surface area (Å²) in [4.78, 5) is 11.5. The highest BCUT2D eigenvalue weighted by molar-refractivity contribution is 5.85. The smallest absolute Gasteiger partial charge is 0.327 e. The fraction of sp³-hybridized carbons (Fsp3) is 0.778. The molecule has 0 aromatic heterocycles. The molecule has 1 saturated heterocycles. The Balaban J connectivity index is 0.00000169. The summed E-state index contributed by atoms with van der Waals surface area (Å²) in [5.74, 6) is -0.592. The first-order valence-corrected chi connectivity index (χ1v) is 4.47. The van der Waals surface area contributed by atoms with Gasteiger partial charge in [-0.15, -0.1) is 12.4 Å². The van der Waals surface area contributed by atoms with E-state index in [1.54, 1.807) is 13.8 Å². The lowest BCUT2D eigenvalue weighted by atomic mass is 9.89. The summed E-state index contributed by atoms with van der Waals surface area (Å²) in [6.45, 7) is 4.55. The maximum absolute atomic E-state index is 11.5. The van der Waals surface area contributed by atoms with Crippen LogP contribution in [-0.2, 0) is 9.53 Å². The molecule has 1 heterocycles. The fourth-order valence-electron chi connectivity index (χ4n) is 1.58. The predicted molar refractivity (Wildman–Crippen MR) is 54.0 cm³/mol. The van der Waals surface area contributed by atoms with E-state index in [0.29, 0.717) is 19.6 Å². The second-order valence-corrected chi connectivity index (χ2v) is 3.32. The van der Waals surface area contributed by atoms with E-state index in [9.17, 15) is 4.79 Å². The molecular weight excluding hydrogens is 204 g/mol. The SMILES string of the molecule is CCOC(=O)[C@]1(C)NCCC1C#N.Cl. The third-order valence-corrected chi connectivity index (χ3v) is 2.48. The topological polar surface area (TPSA) is 62.1 Å². The van der Waals surface area contributed by atoms with Crippen molar-refractivity contribution in [2.75, 3.05) is 13.2 Å². The first kappa shape index (κ1) is 13.2. The van der Waals surface area contributed by atoms with Gasteiger partial charge in [-0.2, -0.15) is 5.26 Å². The molecule has 1 fully saturated rings. The Labute approximate surface area is 90.0 Å². The number of hydrogen-bond acceptors (Lipinski definition) is 4. The Morgan fingerprint density at radius 1 is 1.79 bits per heavy atom. The van der Waals surface area contributed by atoms with Crippen LogP contribution in [0.2, 0.25) is 0 Å². The van der Waals surface area contributed by atoms with Crippen LogP contribution in [0, 0.1) is 17.2 Å². The lowest BCUT2D eigenvalue weighted by Crippen LogP contribution is -2.50. The Morgan fingerprint density at radius 3 is 2.93 bits per heavy atom. The van der Waals surface area contributed by atoms with Crippen molar-refractivity contribution >= 4 is 18.4 Å². The Bertz CT molecular complexity index is 252. The van der Waals surface area contributed by atoms with Crippen molar-refractivity contribution in [3.8, 4) is 6.07 Å². The molecule has 5 heteroatoms. The molecule has 1 unspecified atom stereocenters. The summed E-state index contributed by atoms with van der Waals surface area (Å²) in [5, 5.41) is 11.8. The van der Waals surface area contributed by atoms with Crippen LogP contribution in [0.3, 0.4) is 0 Å². The molecule has 14 heavy (non-hydrogen) atoms. The Kier molecular flexibility index (Phi) is 4.89. The zero-order valence-electron chi connectivity index (χ0n) is 8.37. The minimum atomic E-state index is -0.801. The first-order valence-electron chi connectivity index (χ1n) is 4.47. The monoisotopic (exact) mass is 218 g/mol. The van der Waals surface area contributed by atoms with Gasteiger partial charge in [0.05, 0.1) is 18.6 Å². The number of esters is 1. The molecule has 0 saturated carbocycles. The van der Waals surface area contributed by atoms with Crippen molar-refractivity contribution in [3.63, 3.8) is 0 Å². The van der Waals surface area contributed by atoms with Crippen LogP contribution in [0.4, 0.5) is 0 Å². The number of carbonyl (C=O) groups is 1. The minimum absolute atomic E-state index is 0. The number of hydrogen-bond donors (Lipinski definition) is 1. The number of nitrogens with one attached hydrogen (secondary N) is 1. The Morgan fingerprint density at radius 2 is 2.43 bits per heavy atom. The van der Waals surface area contributed by atoms with Gasteiger partial charge in [0.1, 0.15) is 5.54 Å². The lowest BCUT2D eigenvalue weighted by molar-refractivity contribution is -0.150. The number of carbonyl (C=O) groups excluding carboxylic acids is 1. The van der Waals surface area contributed by atoms with Crippen molar-refractivity contribution in [1.29, 1.82) is 5.26 Å². The van der Waals surface area contributed by atoms with Crippen molar-refractivity contribution in [1.82, 2.24) is 5.32 Å². The summed E-state index contributed by atoms with van der Waals surface area (Å²) in [6.07, 6.45) is 0.714. The second-order valence-electron chi connectivity index (χ2n) is 3.32. The van der Waals surface area contributed by atoms with E-state index in [1.807, 2.05) is 0 Å². The van der Waals surface area contributed by atoms with Crippen molar-refractivity contribution < 1.29 is 9.53 Å². The van der Waals surface area contributed by atoms with Gasteiger partial charge in [0.25, 0.3) is 0 Å². The van der Waals surface area contributed by atoms with Crippen LogP contribution in [0.1, 0.15) is 20.3 Å². The Hall–Kier alpha value is -0.790.